The van der Waals surface area contributed by atoms with Crippen LogP contribution in [0.1, 0.15) is 34.5 Å². The molecular formula is C31H32N6OS. The molecule has 4 heterocycles. The van der Waals surface area contributed by atoms with Gasteiger partial charge in [-0.3, -0.25) is 0 Å². The third-order valence-corrected chi connectivity index (χ3v) is 8.11. The van der Waals surface area contributed by atoms with E-state index in [1.165, 1.54) is 21.5 Å². The van der Waals surface area contributed by atoms with Gasteiger partial charge in [0.1, 0.15) is 5.75 Å². The summed E-state index contributed by atoms with van der Waals surface area (Å²) in [6.45, 7) is 6.20. The first-order valence-electron chi connectivity index (χ1n) is 13.5. The van der Waals surface area contributed by atoms with Crippen molar-refractivity contribution >= 4 is 28.1 Å². The van der Waals surface area contributed by atoms with Gasteiger partial charge in [0.15, 0.2) is 0 Å². The monoisotopic (exact) mass is 536 g/mol. The van der Waals surface area contributed by atoms with Gasteiger partial charge in [-0.15, -0.1) is 11.3 Å². The summed E-state index contributed by atoms with van der Waals surface area (Å²) < 4.78 is 6.61. The van der Waals surface area contributed by atoms with Crippen molar-refractivity contribution < 1.29 is 4.74 Å². The summed E-state index contributed by atoms with van der Waals surface area (Å²) >= 11 is 1.70. The van der Waals surface area contributed by atoms with E-state index in [1.807, 2.05) is 23.7 Å². The van der Waals surface area contributed by atoms with Gasteiger partial charge < -0.3 is 15.4 Å². The van der Waals surface area contributed by atoms with Crippen molar-refractivity contribution in [3.63, 3.8) is 0 Å². The van der Waals surface area contributed by atoms with E-state index in [4.69, 9.17) is 9.72 Å². The summed E-state index contributed by atoms with van der Waals surface area (Å²) in [5.41, 5.74) is 7.05. The topological polar surface area (TPSA) is 84.9 Å². The lowest BCUT2D eigenvalue weighted by Crippen LogP contribution is -2.38. The van der Waals surface area contributed by atoms with E-state index in [2.05, 4.69) is 69.8 Å². The van der Waals surface area contributed by atoms with E-state index < -0.39 is 0 Å². The molecule has 0 spiro atoms. The number of thiazole rings is 1. The van der Waals surface area contributed by atoms with Crippen LogP contribution in [-0.2, 0) is 12.8 Å². The number of pyridine rings is 1. The van der Waals surface area contributed by atoms with Gasteiger partial charge in [0.05, 0.1) is 22.5 Å². The predicted molar refractivity (Wildman–Crippen MR) is 158 cm³/mol. The number of nitrogens with zero attached hydrogens (tertiary/aromatic N) is 4. The quantitative estimate of drug-likeness (QED) is 0.234. The van der Waals surface area contributed by atoms with Crippen LogP contribution in [0.15, 0.2) is 66.4 Å². The van der Waals surface area contributed by atoms with Crippen LogP contribution in [0.3, 0.4) is 0 Å². The largest absolute Gasteiger partial charge is 0.437 e. The molecule has 1 atom stereocenters. The highest BCUT2D eigenvalue weighted by Gasteiger charge is 2.17. The van der Waals surface area contributed by atoms with Crippen LogP contribution in [-0.4, -0.2) is 39.1 Å². The fraction of sp³-hybridized carbons (Fsp3) is 0.290. The fourth-order valence-electron chi connectivity index (χ4n) is 5.18. The second-order valence-corrected chi connectivity index (χ2v) is 11.0. The third kappa shape index (κ3) is 5.62. The molecule has 7 nitrogen and oxygen atoms in total. The zero-order chi connectivity index (χ0) is 26.6. The second kappa shape index (κ2) is 11.5. The van der Waals surface area contributed by atoms with E-state index >= 15 is 0 Å². The van der Waals surface area contributed by atoms with Crippen LogP contribution in [0.25, 0.3) is 22.0 Å². The molecule has 2 aromatic carbocycles. The van der Waals surface area contributed by atoms with E-state index in [9.17, 15) is 0 Å². The van der Waals surface area contributed by atoms with E-state index in [0.717, 1.165) is 66.7 Å². The van der Waals surface area contributed by atoms with Crippen molar-refractivity contribution in [1.82, 2.24) is 25.3 Å². The number of rotatable bonds is 8. The highest BCUT2D eigenvalue weighted by atomic mass is 32.1. The summed E-state index contributed by atoms with van der Waals surface area (Å²) in [5, 5.41) is 9.17. The Labute approximate surface area is 232 Å². The third-order valence-electron chi connectivity index (χ3n) is 7.31. The molecule has 0 aliphatic carbocycles. The van der Waals surface area contributed by atoms with E-state index in [-0.39, 0.29) is 0 Å². The second-order valence-electron chi connectivity index (χ2n) is 9.99. The van der Waals surface area contributed by atoms with Crippen LogP contribution in [0.2, 0.25) is 0 Å². The highest BCUT2D eigenvalue weighted by Crippen LogP contribution is 2.37. The lowest BCUT2D eigenvalue weighted by molar-refractivity contribution is 0.466. The number of anilines is 1. The van der Waals surface area contributed by atoms with Crippen molar-refractivity contribution in [2.24, 2.45) is 0 Å². The Kier molecular flexibility index (Phi) is 7.47. The van der Waals surface area contributed by atoms with Gasteiger partial charge in [-0.25, -0.2) is 19.9 Å². The van der Waals surface area contributed by atoms with Crippen molar-refractivity contribution in [2.75, 3.05) is 18.4 Å². The number of piperidine rings is 1. The van der Waals surface area contributed by atoms with Crippen LogP contribution in [0, 0.1) is 13.8 Å². The average Bonchev–Trinajstić information content (AvgIpc) is 3.38. The molecule has 1 saturated heterocycles. The van der Waals surface area contributed by atoms with Crippen LogP contribution < -0.4 is 15.4 Å². The summed E-state index contributed by atoms with van der Waals surface area (Å²) in [6, 6.07) is 16.9. The number of nitrogens with one attached hydrogen (secondary N) is 2. The molecule has 0 bridgehead atoms. The predicted octanol–water partition coefficient (Wildman–Crippen LogP) is 6.51. The molecule has 0 amide bonds. The Morgan fingerprint density at radius 3 is 2.77 bits per heavy atom. The molecule has 0 unspecified atom stereocenters. The molecule has 1 aliphatic rings. The van der Waals surface area contributed by atoms with Gasteiger partial charge in [-0.1, -0.05) is 30.3 Å². The molecular weight excluding hydrogens is 504 g/mol. The molecule has 1 aliphatic heterocycles. The summed E-state index contributed by atoms with van der Waals surface area (Å²) in [7, 11) is 0. The Morgan fingerprint density at radius 1 is 0.974 bits per heavy atom. The maximum absolute atomic E-state index is 6.61. The molecule has 198 valence electrons. The number of ether oxygens (including phenoxy) is 1. The van der Waals surface area contributed by atoms with Gasteiger partial charge in [0.2, 0.25) is 11.8 Å². The maximum atomic E-state index is 6.61. The molecule has 2 N–H and O–H groups in total. The van der Waals surface area contributed by atoms with Gasteiger partial charge in [-0.05, 0) is 80.8 Å². The number of hydrogen-bond donors (Lipinski definition) is 2. The number of aromatic nitrogens is 4. The Hall–Kier alpha value is -3.88. The average molecular weight is 537 g/mol. The minimum Gasteiger partial charge on any atom is -0.437 e. The van der Waals surface area contributed by atoms with Crippen molar-refractivity contribution in [3.8, 4) is 22.9 Å². The van der Waals surface area contributed by atoms with Gasteiger partial charge in [-0.2, -0.15) is 0 Å². The molecule has 5 aromatic rings. The molecule has 8 heteroatoms. The molecule has 6 rings (SSSR count). The van der Waals surface area contributed by atoms with Gasteiger partial charge in [0, 0.05) is 35.2 Å². The van der Waals surface area contributed by atoms with Crippen LogP contribution in [0.4, 0.5) is 5.95 Å². The molecule has 1 fully saturated rings. The normalized spacial score (nSPS) is 15.4. The number of hydrogen-bond acceptors (Lipinski definition) is 8. The van der Waals surface area contributed by atoms with Crippen LogP contribution >= 0.6 is 11.3 Å². The Bertz CT molecular complexity index is 1590. The standard InChI is InChI=1S/C31H32N6OS/c1-20-10-12-24-22(11-13-27-21(2)39-19-35-27)6-3-8-25(24)29(20)38-30-26(9-5-16-33-30)28-14-17-34-31(37-28)36-23-7-4-15-32-18-23/h3,5-6,8-10,12,14,16-17,19,23,32H,4,7,11,13,15,18H2,1-2H3,(H,34,36,37)/t23-/m0/s1. The zero-order valence-corrected chi connectivity index (χ0v) is 23.1. The lowest BCUT2D eigenvalue weighted by Gasteiger charge is -2.23. The number of fused-ring (bicyclic) bond motifs is 1. The lowest BCUT2D eigenvalue weighted by atomic mass is 9.97. The van der Waals surface area contributed by atoms with E-state index in [1.54, 1.807) is 23.7 Å². The number of aryl methyl sites for hydroxylation is 4. The molecule has 0 saturated carbocycles. The Balaban J connectivity index is 1.30. The summed E-state index contributed by atoms with van der Waals surface area (Å²) in [4.78, 5) is 19.7. The molecule has 39 heavy (non-hydrogen) atoms. The van der Waals surface area contributed by atoms with E-state index in [0.29, 0.717) is 17.9 Å². The summed E-state index contributed by atoms with van der Waals surface area (Å²) in [6.07, 6.45) is 7.64. The highest BCUT2D eigenvalue weighted by molar-refractivity contribution is 7.09. The van der Waals surface area contributed by atoms with Crippen molar-refractivity contribution in [1.29, 1.82) is 0 Å². The smallest absolute Gasteiger partial charge is 0.228 e. The van der Waals surface area contributed by atoms with Crippen molar-refractivity contribution in [3.05, 3.63) is 88.1 Å². The molecule has 0 radical (unpaired) electrons. The van der Waals surface area contributed by atoms with Gasteiger partial charge >= 0.3 is 0 Å². The first kappa shape index (κ1) is 25.4. The molecule has 3 aromatic heterocycles. The fourth-order valence-corrected chi connectivity index (χ4v) is 5.81. The Morgan fingerprint density at radius 2 is 1.92 bits per heavy atom. The number of benzene rings is 2. The zero-order valence-electron chi connectivity index (χ0n) is 22.3. The van der Waals surface area contributed by atoms with Crippen molar-refractivity contribution in [2.45, 2.75) is 45.6 Å². The summed E-state index contributed by atoms with van der Waals surface area (Å²) in [5.74, 6) is 1.97. The SMILES string of the molecule is Cc1ccc2c(CCc3ncsc3C)cccc2c1Oc1ncccc1-c1ccnc(N[C@H]2CCCNC2)n1. The maximum Gasteiger partial charge on any atom is 0.228 e. The van der Waals surface area contributed by atoms with Crippen LogP contribution in [0.5, 0.6) is 11.6 Å². The minimum absolute atomic E-state index is 0.325. The van der Waals surface area contributed by atoms with Gasteiger partial charge in [0.25, 0.3) is 0 Å². The first-order chi connectivity index (χ1) is 19.2. The first-order valence-corrected chi connectivity index (χ1v) is 14.4. The minimum atomic E-state index is 0.325.